The Kier molecular flexibility index (Phi) is 4.87. The Morgan fingerprint density at radius 1 is 1.41 bits per heavy atom. The molecule has 0 aliphatic heterocycles. The van der Waals surface area contributed by atoms with Crippen LogP contribution in [0, 0.1) is 6.92 Å². The fraction of sp³-hybridized carbons (Fsp3) is 0.385. The average Bonchev–Trinajstić information content (AvgIpc) is 2.28. The predicted octanol–water partition coefficient (Wildman–Crippen LogP) is 2.74. The second-order valence-electron chi connectivity index (χ2n) is 3.93. The molecule has 0 aliphatic carbocycles. The molecular formula is C13H15BrO3. The number of ketones is 1. The van der Waals surface area contributed by atoms with Crippen molar-refractivity contribution in [2.45, 2.75) is 25.1 Å². The van der Waals surface area contributed by atoms with Crippen LogP contribution in [0.5, 0.6) is 0 Å². The number of benzene rings is 1. The Labute approximate surface area is 109 Å². The smallest absolute Gasteiger partial charge is 0.309 e. The number of ether oxygens (including phenoxy) is 1. The van der Waals surface area contributed by atoms with Gasteiger partial charge in [0.1, 0.15) is 5.78 Å². The molecule has 0 aliphatic rings. The van der Waals surface area contributed by atoms with Crippen LogP contribution in [-0.4, -0.2) is 18.9 Å². The third-order valence-corrected chi connectivity index (χ3v) is 3.63. The lowest BCUT2D eigenvalue weighted by Gasteiger charge is -2.13. The van der Waals surface area contributed by atoms with Gasteiger partial charge >= 0.3 is 5.97 Å². The Morgan fingerprint density at radius 2 is 2.06 bits per heavy atom. The van der Waals surface area contributed by atoms with Crippen LogP contribution in [-0.2, 0) is 20.7 Å². The van der Waals surface area contributed by atoms with Crippen molar-refractivity contribution >= 4 is 27.7 Å². The van der Waals surface area contributed by atoms with Crippen molar-refractivity contribution in [2.24, 2.45) is 0 Å². The molecule has 1 rings (SSSR count). The summed E-state index contributed by atoms with van der Waals surface area (Å²) < 4.78 is 4.65. The molecular weight excluding hydrogens is 284 g/mol. The van der Waals surface area contributed by atoms with Crippen molar-refractivity contribution in [1.82, 2.24) is 0 Å². The molecule has 1 unspecified atom stereocenters. The predicted molar refractivity (Wildman–Crippen MR) is 69.2 cm³/mol. The highest BCUT2D eigenvalue weighted by atomic mass is 79.9. The first-order chi connectivity index (χ1) is 7.95. The minimum Gasteiger partial charge on any atom is -0.469 e. The molecule has 0 saturated carbocycles. The number of rotatable bonds is 4. The minimum absolute atomic E-state index is 0.0139. The SMILES string of the molecule is COC(=O)Cc1cc(C)ccc1C(Br)C(C)=O. The average molecular weight is 299 g/mol. The number of alkyl halides is 1. The summed E-state index contributed by atoms with van der Waals surface area (Å²) in [6.45, 7) is 3.46. The Balaban J connectivity index is 3.11. The van der Waals surface area contributed by atoms with Gasteiger partial charge in [0.2, 0.25) is 0 Å². The van der Waals surface area contributed by atoms with E-state index >= 15 is 0 Å². The molecule has 92 valence electrons. The summed E-state index contributed by atoms with van der Waals surface area (Å²) >= 11 is 3.34. The van der Waals surface area contributed by atoms with Crippen LogP contribution < -0.4 is 0 Å². The molecule has 3 nitrogen and oxygen atoms in total. The molecule has 4 heteroatoms. The summed E-state index contributed by atoms with van der Waals surface area (Å²) in [5, 5.41) is 0. The number of aryl methyl sites for hydroxylation is 1. The second-order valence-corrected chi connectivity index (χ2v) is 4.84. The van der Waals surface area contributed by atoms with Gasteiger partial charge in [-0.1, -0.05) is 39.7 Å². The largest absolute Gasteiger partial charge is 0.469 e. The van der Waals surface area contributed by atoms with Crippen molar-refractivity contribution in [3.05, 3.63) is 34.9 Å². The first kappa shape index (κ1) is 13.9. The van der Waals surface area contributed by atoms with E-state index in [1.54, 1.807) is 0 Å². The van der Waals surface area contributed by atoms with E-state index in [0.29, 0.717) is 0 Å². The normalized spacial score (nSPS) is 12.0. The lowest BCUT2D eigenvalue weighted by atomic mass is 9.98. The van der Waals surface area contributed by atoms with Crippen molar-refractivity contribution < 1.29 is 14.3 Å². The lowest BCUT2D eigenvalue weighted by molar-refractivity contribution is -0.139. The van der Waals surface area contributed by atoms with E-state index < -0.39 is 0 Å². The van der Waals surface area contributed by atoms with Gasteiger partial charge in [0.15, 0.2) is 0 Å². The molecule has 0 bridgehead atoms. The number of hydrogen-bond acceptors (Lipinski definition) is 3. The molecule has 1 atom stereocenters. The van der Waals surface area contributed by atoms with Crippen LogP contribution in [0.2, 0.25) is 0 Å². The molecule has 0 radical (unpaired) electrons. The summed E-state index contributed by atoms with van der Waals surface area (Å²) in [4.78, 5) is 22.3. The van der Waals surface area contributed by atoms with E-state index in [9.17, 15) is 9.59 Å². The summed E-state index contributed by atoms with van der Waals surface area (Å²) in [5.41, 5.74) is 2.71. The zero-order valence-corrected chi connectivity index (χ0v) is 11.7. The van der Waals surface area contributed by atoms with Crippen LogP contribution in [0.25, 0.3) is 0 Å². The highest BCUT2D eigenvalue weighted by molar-refractivity contribution is 9.09. The summed E-state index contributed by atoms with van der Waals surface area (Å²) in [6.07, 6.45) is 0.183. The number of carbonyl (C=O) groups is 2. The van der Waals surface area contributed by atoms with Gasteiger partial charge in [-0.05, 0) is 25.0 Å². The molecule has 0 saturated heterocycles. The number of esters is 1. The highest BCUT2D eigenvalue weighted by Gasteiger charge is 2.18. The maximum atomic E-state index is 11.4. The third kappa shape index (κ3) is 3.66. The van der Waals surface area contributed by atoms with E-state index in [0.717, 1.165) is 16.7 Å². The molecule has 0 fully saturated rings. The topological polar surface area (TPSA) is 43.4 Å². The van der Waals surface area contributed by atoms with Gasteiger partial charge in [-0.3, -0.25) is 9.59 Å². The monoisotopic (exact) mass is 298 g/mol. The van der Waals surface area contributed by atoms with Crippen LogP contribution in [0.15, 0.2) is 18.2 Å². The molecule has 0 spiro atoms. The van der Waals surface area contributed by atoms with Crippen molar-refractivity contribution in [1.29, 1.82) is 0 Å². The Hall–Kier alpha value is -1.16. The number of methoxy groups -OCH3 is 1. The minimum atomic E-state index is -0.372. The third-order valence-electron chi connectivity index (χ3n) is 2.49. The van der Waals surface area contributed by atoms with Gasteiger partial charge in [-0.25, -0.2) is 0 Å². The molecule has 1 aromatic rings. The van der Waals surface area contributed by atoms with E-state index in [2.05, 4.69) is 20.7 Å². The molecule has 0 amide bonds. The molecule has 17 heavy (non-hydrogen) atoms. The van der Waals surface area contributed by atoms with Gasteiger partial charge in [-0.2, -0.15) is 0 Å². The molecule has 0 aromatic heterocycles. The Morgan fingerprint density at radius 3 is 2.59 bits per heavy atom. The first-order valence-electron chi connectivity index (χ1n) is 5.26. The summed E-state index contributed by atoms with van der Waals surface area (Å²) in [7, 11) is 1.36. The number of Topliss-reactive ketones (excluding diaryl/α,β-unsaturated/α-hetero) is 1. The van der Waals surface area contributed by atoms with Crippen LogP contribution in [0.3, 0.4) is 0 Å². The fourth-order valence-corrected chi connectivity index (χ4v) is 2.03. The van der Waals surface area contributed by atoms with E-state index in [1.807, 2.05) is 25.1 Å². The molecule has 0 heterocycles. The van der Waals surface area contributed by atoms with Gasteiger partial charge in [0.25, 0.3) is 0 Å². The van der Waals surface area contributed by atoms with Gasteiger partial charge in [0.05, 0.1) is 18.4 Å². The van der Waals surface area contributed by atoms with Crippen molar-refractivity contribution in [3.8, 4) is 0 Å². The van der Waals surface area contributed by atoms with E-state index in [-0.39, 0.29) is 23.0 Å². The maximum absolute atomic E-state index is 11.4. The zero-order chi connectivity index (χ0) is 13.0. The first-order valence-corrected chi connectivity index (χ1v) is 6.18. The number of carbonyl (C=O) groups excluding carboxylic acids is 2. The van der Waals surface area contributed by atoms with Gasteiger partial charge in [0, 0.05) is 0 Å². The fourth-order valence-electron chi connectivity index (χ4n) is 1.58. The van der Waals surface area contributed by atoms with E-state index in [1.165, 1.54) is 14.0 Å². The summed E-state index contributed by atoms with van der Waals surface area (Å²) in [5.74, 6) is -0.292. The number of hydrogen-bond donors (Lipinski definition) is 0. The van der Waals surface area contributed by atoms with Crippen LogP contribution in [0.4, 0.5) is 0 Å². The van der Waals surface area contributed by atoms with Crippen molar-refractivity contribution in [3.63, 3.8) is 0 Å². The lowest BCUT2D eigenvalue weighted by Crippen LogP contribution is -2.10. The highest BCUT2D eigenvalue weighted by Crippen LogP contribution is 2.28. The zero-order valence-electron chi connectivity index (χ0n) is 10.1. The van der Waals surface area contributed by atoms with E-state index in [4.69, 9.17) is 0 Å². The Bertz CT molecular complexity index is 440. The maximum Gasteiger partial charge on any atom is 0.309 e. The molecule has 0 N–H and O–H groups in total. The van der Waals surface area contributed by atoms with Crippen molar-refractivity contribution in [2.75, 3.05) is 7.11 Å². The van der Waals surface area contributed by atoms with Crippen LogP contribution in [0.1, 0.15) is 28.4 Å². The quantitative estimate of drug-likeness (QED) is 0.634. The number of halogens is 1. The van der Waals surface area contributed by atoms with Gasteiger partial charge < -0.3 is 4.74 Å². The van der Waals surface area contributed by atoms with Crippen LogP contribution >= 0.6 is 15.9 Å². The molecule has 1 aromatic carbocycles. The summed E-state index contributed by atoms with van der Waals surface area (Å²) in [6, 6.07) is 5.70. The van der Waals surface area contributed by atoms with Gasteiger partial charge in [-0.15, -0.1) is 0 Å². The second kappa shape index (κ2) is 5.96. The standard InChI is InChI=1S/C13H15BrO3/c1-8-4-5-11(13(14)9(2)15)10(6-8)7-12(16)17-3/h4-6,13H,7H2,1-3H3.